The van der Waals surface area contributed by atoms with Crippen molar-refractivity contribution in [3.05, 3.63) is 78.9 Å². The number of nitrogens with one attached hydrogen (secondary N) is 2. The molecule has 0 unspecified atom stereocenters. The Kier molecular flexibility index (Phi) is 7.32. The third-order valence-electron chi connectivity index (χ3n) is 5.90. The van der Waals surface area contributed by atoms with Crippen molar-refractivity contribution in [3.8, 4) is 40.1 Å². The summed E-state index contributed by atoms with van der Waals surface area (Å²) in [6.07, 6.45) is -0.0801. The summed E-state index contributed by atoms with van der Waals surface area (Å²) in [7, 11) is 0. The molecule has 1 aliphatic heterocycles. The number of hydrogen-bond acceptors (Lipinski definition) is 9. The number of hydrogen-bond donors (Lipinski definition) is 2. The summed E-state index contributed by atoms with van der Waals surface area (Å²) in [5.74, 6) is 0.477. The highest BCUT2D eigenvalue weighted by Crippen LogP contribution is 2.30. The predicted molar refractivity (Wildman–Crippen MR) is 138 cm³/mol. The lowest BCUT2D eigenvalue weighted by Crippen LogP contribution is -2.69. The molecule has 2 heterocycles. The Bertz CT molecular complexity index is 1450. The Labute approximate surface area is 223 Å². The molecule has 0 atom stereocenters. The monoisotopic (exact) mass is 528 g/mol. The molecule has 1 aliphatic rings. The summed E-state index contributed by atoms with van der Waals surface area (Å²) >= 11 is 0. The van der Waals surface area contributed by atoms with Crippen LogP contribution < -0.4 is 20.1 Å². The minimum atomic E-state index is -1.95. The molecule has 3 aromatic carbocycles. The van der Waals surface area contributed by atoms with Crippen LogP contribution in [0.5, 0.6) is 17.2 Å². The first-order valence-corrected chi connectivity index (χ1v) is 12.2. The summed E-state index contributed by atoms with van der Waals surface area (Å²) < 4.78 is 22.4. The van der Waals surface area contributed by atoms with Gasteiger partial charge in [0.25, 0.3) is 23.3 Å². The van der Waals surface area contributed by atoms with E-state index in [4.69, 9.17) is 18.7 Å². The first kappa shape index (κ1) is 25.6. The van der Waals surface area contributed by atoms with Crippen molar-refractivity contribution in [2.24, 2.45) is 0 Å². The van der Waals surface area contributed by atoms with Crippen LogP contribution in [0, 0.1) is 0 Å². The van der Waals surface area contributed by atoms with Gasteiger partial charge in [-0.25, -0.2) is 4.79 Å². The van der Waals surface area contributed by atoms with Crippen molar-refractivity contribution in [2.75, 3.05) is 13.2 Å². The molecule has 1 fully saturated rings. The molecule has 4 amide bonds. The van der Waals surface area contributed by atoms with Crippen molar-refractivity contribution < 1.29 is 33.1 Å². The summed E-state index contributed by atoms with van der Waals surface area (Å²) in [6.45, 7) is 2.27. The molecule has 198 valence electrons. The number of urea groups is 1. The first-order valence-electron chi connectivity index (χ1n) is 12.2. The molecule has 11 nitrogen and oxygen atoms in total. The molecule has 0 spiro atoms. The Balaban J connectivity index is 1.25. The maximum atomic E-state index is 12.6. The van der Waals surface area contributed by atoms with Gasteiger partial charge < -0.3 is 18.7 Å². The fraction of sp³-hybridized carbons (Fsp3) is 0.179. The Morgan fingerprint density at radius 1 is 0.795 bits per heavy atom. The highest BCUT2D eigenvalue weighted by Gasteiger charge is 2.52. The van der Waals surface area contributed by atoms with Crippen LogP contribution in [0.4, 0.5) is 4.79 Å². The smallest absolute Gasteiger partial charge is 0.328 e. The van der Waals surface area contributed by atoms with Crippen molar-refractivity contribution >= 4 is 17.8 Å². The maximum absolute atomic E-state index is 12.6. The number of imide groups is 2. The molecule has 1 saturated heterocycles. The summed E-state index contributed by atoms with van der Waals surface area (Å²) in [5, 5.41) is 8.21. The molecule has 39 heavy (non-hydrogen) atoms. The number of rotatable bonds is 10. The van der Waals surface area contributed by atoms with Crippen molar-refractivity contribution in [2.45, 2.75) is 18.9 Å². The van der Waals surface area contributed by atoms with E-state index in [-0.39, 0.29) is 18.8 Å². The van der Waals surface area contributed by atoms with Crippen LogP contribution in [0.25, 0.3) is 22.8 Å². The topological polar surface area (TPSA) is 142 Å². The van der Waals surface area contributed by atoms with Gasteiger partial charge in [-0.3, -0.25) is 20.2 Å². The molecule has 4 aromatic rings. The zero-order chi connectivity index (χ0) is 27.2. The highest BCUT2D eigenvalue weighted by molar-refractivity contribution is 6.21. The SMILES string of the molecule is CCOCCC1(Oc2ccc(Oc3ccc(-c4nc(-c5ccccc5)no4)cc3)cc2)C(=O)NC(=O)NC1=O. The average molecular weight is 529 g/mol. The van der Waals surface area contributed by atoms with Crippen LogP contribution in [0.3, 0.4) is 0 Å². The van der Waals surface area contributed by atoms with Gasteiger partial charge in [-0.15, -0.1) is 0 Å². The number of benzene rings is 3. The van der Waals surface area contributed by atoms with Gasteiger partial charge in [0.05, 0.1) is 6.61 Å². The number of amides is 4. The third-order valence-corrected chi connectivity index (χ3v) is 5.90. The van der Waals surface area contributed by atoms with E-state index in [0.29, 0.717) is 29.8 Å². The van der Waals surface area contributed by atoms with Gasteiger partial charge in [-0.2, -0.15) is 4.98 Å². The van der Waals surface area contributed by atoms with Crippen LogP contribution in [-0.4, -0.2) is 46.8 Å². The minimum absolute atomic E-state index is 0.0801. The Morgan fingerprint density at radius 2 is 1.41 bits per heavy atom. The number of carbonyl (C=O) groups is 3. The van der Waals surface area contributed by atoms with Crippen LogP contribution in [0.1, 0.15) is 13.3 Å². The predicted octanol–water partition coefficient (Wildman–Crippen LogP) is 4.11. The molecule has 5 rings (SSSR count). The largest absolute Gasteiger partial charge is 0.467 e. The summed E-state index contributed by atoms with van der Waals surface area (Å²) in [4.78, 5) is 41.3. The number of barbiturate groups is 1. The van der Waals surface area contributed by atoms with Crippen molar-refractivity contribution in [3.63, 3.8) is 0 Å². The molecule has 0 aliphatic carbocycles. The lowest BCUT2D eigenvalue weighted by Gasteiger charge is -2.34. The van der Waals surface area contributed by atoms with E-state index in [2.05, 4.69) is 20.8 Å². The number of carbonyl (C=O) groups excluding carboxylic acids is 3. The Hall–Kier alpha value is -5.03. The molecule has 2 N–H and O–H groups in total. The first-order chi connectivity index (χ1) is 19.0. The second-order valence-corrected chi connectivity index (χ2v) is 8.50. The number of aromatic nitrogens is 2. The van der Waals surface area contributed by atoms with Crippen LogP contribution in [0.2, 0.25) is 0 Å². The van der Waals surface area contributed by atoms with Crippen LogP contribution in [0.15, 0.2) is 83.4 Å². The van der Waals surface area contributed by atoms with Crippen LogP contribution >= 0.6 is 0 Å². The van der Waals surface area contributed by atoms with E-state index < -0.39 is 23.4 Å². The minimum Gasteiger partial charge on any atom is -0.467 e. The van der Waals surface area contributed by atoms with Gasteiger partial charge in [0, 0.05) is 24.2 Å². The maximum Gasteiger partial charge on any atom is 0.328 e. The van der Waals surface area contributed by atoms with E-state index in [9.17, 15) is 14.4 Å². The van der Waals surface area contributed by atoms with E-state index in [0.717, 1.165) is 11.1 Å². The van der Waals surface area contributed by atoms with E-state index >= 15 is 0 Å². The normalized spacial score (nSPS) is 14.4. The van der Waals surface area contributed by atoms with Crippen LogP contribution in [-0.2, 0) is 14.3 Å². The van der Waals surface area contributed by atoms with Gasteiger partial charge in [0.1, 0.15) is 17.2 Å². The number of nitrogens with zero attached hydrogens (tertiary/aromatic N) is 2. The van der Waals surface area contributed by atoms with Crippen molar-refractivity contribution in [1.82, 2.24) is 20.8 Å². The van der Waals surface area contributed by atoms with E-state index in [1.165, 1.54) is 0 Å². The molecule has 1 aromatic heterocycles. The molecule has 0 radical (unpaired) electrons. The molecule has 11 heteroatoms. The average Bonchev–Trinajstić information content (AvgIpc) is 3.44. The van der Waals surface area contributed by atoms with E-state index in [1.54, 1.807) is 55.5 Å². The second kappa shape index (κ2) is 11.2. The van der Waals surface area contributed by atoms with Crippen molar-refractivity contribution in [1.29, 1.82) is 0 Å². The number of ether oxygens (including phenoxy) is 3. The Morgan fingerprint density at radius 3 is 2.05 bits per heavy atom. The fourth-order valence-corrected chi connectivity index (χ4v) is 3.90. The lowest BCUT2D eigenvalue weighted by molar-refractivity contribution is -0.153. The zero-order valence-electron chi connectivity index (χ0n) is 20.9. The quantitative estimate of drug-likeness (QED) is 0.230. The third kappa shape index (κ3) is 5.63. The standard InChI is InChI=1S/C28H24N4O7/c1-2-36-17-16-28(25(33)30-27(35)31-26(28)34)38-22-14-12-21(13-15-22)37-20-10-8-19(9-11-20)24-29-23(32-39-24)18-6-4-3-5-7-18/h3-15H,2,16-17H2,1H3,(H2,30,31,33,34,35). The zero-order valence-corrected chi connectivity index (χ0v) is 20.9. The summed E-state index contributed by atoms with van der Waals surface area (Å²) in [6, 6.07) is 22.2. The second-order valence-electron chi connectivity index (χ2n) is 8.50. The van der Waals surface area contributed by atoms with Gasteiger partial charge in [-0.05, 0) is 55.5 Å². The molecular weight excluding hydrogens is 504 g/mol. The highest BCUT2D eigenvalue weighted by atomic mass is 16.5. The van der Waals surface area contributed by atoms with Gasteiger partial charge in [-0.1, -0.05) is 35.5 Å². The lowest BCUT2D eigenvalue weighted by atomic mass is 9.95. The molecule has 0 bridgehead atoms. The molecular formula is C28H24N4O7. The molecule has 0 saturated carbocycles. The summed E-state index contributed by atoms with van der Waals surface area (Å²) in [5.41, 5.74) is -0.352. The van der Waals surface area contributed by atoms with E-state index in [1.807, 2.05) is 30.3 Å². The van der Waals surface area contributed by atoms with Gasteiger partial charge >= 0.3 is 6.03 Å². The van der Waals surface area contributed by atoms with Gasteiger partial charge in [0.2, 0.25) is 5.82 Å². The van der Waals surface area contributed by atoms with Gasteiger partial charge in [0.15, 0.2) is 0 Å². The fourth-order valence-electron chi connectivity index (χ4n) is 3.90.